The third kappa shape index (κ3) is 3.49. The molecule has 1 N–H and O–H groups in total. The molecule has 3 aromatic rings. The molecule has 3 nitrogen and oxygen atoms in total. The van der Waals surface area contributed by atoms with Crippen LogP contribution in [-0.2, 0) is 6.42 Å². The Labute approximate surface area is 157 Å². The molecule has 27 heavy (non-hydrogen) atoms. The van der Waals surface area contributed by atoms with Crippen LogP contribution in [0.15, 0.2) is 72.8 Å². The van der Waals surface area contributed by atoms with E-state index in [-0.39, 0.29) is 23.7 Å². The second-order valence-electron chi connectivity index (χ2n) is 6.70. The molecule has 136 valence electrons. The van der Waals surface area contributed by atoms with Gasteiger partial charge in [-0.15, -0.1) is 0 Å². The molecule has 2 atom stereocenters. The Kier molecular flexibility index (Phi) is 4.73. The molecule has 0 aliphatic heterocycles. The molecule has 3 aromatic carbocycles. The number of fused-ring (bicyclic) bond motifs is 1. The van der Waals surface area contributed by atoms with E-state index < -0.39 is 0 Å². The van der Waals surface area contributed by atoms with E-state index in [2.05, 4.69) is 17.4 Å². The monoisotopic (exact) mass is 361 g/mol. The van der Waals surface area contributed by atoms with Crippen LogP contribution in [0, 0.1) is 5.82 Å². The van der Waals surface area contributed by atoms with Gasteiger partial charge in [-0.1, -0.05) is 24.3 Å². The van der Waals surface area contributed by atoms with E-state index in [1.165, 1.54) is 35.4 Å². The Bertz CT molecular complexity index is 951. The Morgan fingerprint density at radius 2 is 1.59 bits per heavy atom. The van der Waals surface area contributed by atoms with Gasteiger partial charge in [0.2, 0.25) is 0 Å². The molecule has 0 radical (unpaired) electrons. The SMILES string of the molecule is CN[C@H]1Cc2ccccc2[C@H]1Oc1ccc(C(=O)c2ccc(F)cc2)cc1. The van der Waals surface area contributed by atoms with Crippen molar-refractivity contribution >= 4 is 5.78 Å². The van der Waals surface area contributed by atoms with Gasteiger partial charge in [-0.3, -0.25) is 4.79 Å². The number of rotatable bonds is 5. The second-order valence-corrected chi connectivity index (χ2v) is 6.70. The minimum Gasteiger partial charge on any atom is -0.484 e. The number of ether oxygens (including phenoxy) is 1. The van der Waals surface area contributed by atoms with Gasteiger partial charge in [0.15, 0.2) is 5.78 Å². The van der Waals surface area contributed by atoms with Crippen LogP contribution in [0.25, 0.3) is 0 Å². The number of ketones is 1. The number of hydrogen-bond acceptors (Lipinski definition) is 3. The van der Waals surface area contributed by atoms with Crippen LogP contribution in [0.5, 0.6) is 5.75 Å². The van der Waals surface area contributed by atoms with Gasteiger partial charge in [0.25, 0.3) is 0 Å². The summed E-state index contributed by atoms with van der Waals surface area (Å²) in [6.45, 7) is 0. The quantitative estimate of drug-likeness (QED) is 0.688. The fraction of sp³-hybridized carbons (Fsp3) is 0.174. The normalized spacial score (nSPS) is 18.1. The van der Waals surface area contributed by atoms with Crippen molar-refractivity contribution in [3.63, 3.8) is 0 Å². The fourth-order valence-corrected chi connectivity index (χ4v) is 3.56. The first kappa shape index (κ1) is 17.4. The highest BCUT2D eigenvalue weighted by Crippen LogP contribution is 2.35. The molecule has 0 fully saturated rings. The predicted molar refractivity (Wildman–Crippen MR) is 103 cm³/mol. The molecule has 1 aliphatic rings. The Morgan fingerprint density at radius 1 is 0.963 bits per heavy atom. The van der Waals surface area contributed by atoms with Crippen molar-refractivity contribution in [3.8, 4) is 5.75 Å². The van der Waals surface area contributed by atoms with Crippen molar-refractivity contribution < 1.29 is 13.9 Å². The lowest BCUT2D eigenvalue weighted by Crippen LogP contribution is -2.32. The lowest BCUT2D eigenvalue weighted by molar-refractivity contribution is 0.103. The van der Waals surface area contributed by atoms with Crippen molar-refractivity contribution in [2.24, 2.45) is 0 Å². The molecule has 0 unspecified atom stereocenters. The maximum Gasteiger partial charge on any atom is 0.193 e. The molecule has 0 heterocycles. The largest absolute Gasteiger partial charge is 0.484 e. The number of carbonyl (C=O) groups is 1. The summed E-state index contributed by atoms with van der Waals surface area (Å²) in [5, 5.41) is 3.33. The van der Waals surface area contributed by atoms with Gasteiger partial charge in [0, 0.05) is 11.1 Å². The van der Waals surface area contributed by atoms with Crippen LogP contribution in [0.1, 0.15) is 33.2 Å². The van der Waals surface area contributed by atoms with E-state index in [1.54, 1.807) is 12.1 Å². The molecule has 4 rings (SSSR count). The fourth-order valence-electron chi connectivity index (χ4n) is 3.56. The molecule has 0 amide bonds. The number of hydrogen-bond donors (Lipinski definition) is 1. The predicted octanol–water partition coefficient (Wildman–Crippen LogP) is 4.32. The van der Waals surface area contributed by atoms with Crippen molar-refractivity contribution in [3.05, 3.63) is 101 Å². The molecular formula is C23H20FNO2. The lowest BCUT2D eigenvalue weighted by Gasteiger charge is -2.22. The average Bonchev–Trinajstić information content (AvgIpc) is 3.06. The zero-order chi connectivity index (χ0) is 18.8. The Hall–Kier alpha value is -2.98. The van der Waals surface area contributed by atoms with Crippen LogP contribution in [0.4, 0.5) is 4.39 Å². The summed E-state index contributed by atoms with van der Waals surface area (Å²) in [4.78, 5) is 12.5. The number of nitrogens with one attached hydrogen (secondary N) is 1. The third-order valence-electron chi connectivity index (χ3n) is 5.02. The standard InChI is InChI=1S/C23H20FNO2/c1-25-21-14-17-4-2-3-5-20(17)23(21)27-19-12-8-16(9-13-19)22(26)15-6-10-18(24)11-7-15/h2-13,21,23,25H,14H2,1H3/t21-,23+/m0/s1. The molecule has 1 aliphatic carbocycles. The maximum absolute atomic E-state index is 13.0. The van der Waals surface area contributed by atoms with Crippen LogP contribution in [0.2, 0.25) is 0 Å². The van der Waals surface area contributed by atoms with Gasteiger partial charge in [-0.05, 0) is 73.1 Å². The van der Waals surface area contributed by atoms with E-state index in [0.29, 0.717) is 16.9 Å². The van der Waals surface area contributed by atoms with Crippen molar-refractivity contribution in [1.82, 2.24) is 5.32 Å². The molecule has 0 aromatic heterocycles. The van der Waals surface area contributed by atoms with Gasteiger partial charge in [0.1, 0.15) is 17.7 Å². The first-order chi connectivity index (χ1) is 13.2. The van der Waals surface area contributed by atoms with E-state index in [4.69, 9.17) is 4.74 Å². The zero-order valence-electron chi connectivity index (χ0n) is 15.0. The van der Waals surface area contributed by atoms with Crippen molar-refractivity contribution in [2.45, 2.75) is 18.6 Å². The van der Waals surface area contributed by atoms with E-state index in [1.807, 2.05) is 31.3 Å². The van der Waals surface area contributed by atoms with Gasteiger partial charge in [0.05, 0.1) is 6.04 Å². The summed E-state index contributed by atoms with van der Waals surface area (Å²) >= 11 is 0. The highest BCUT2D eigenvalue weighted by atomic mass is 19.1. The van der Waals surface area contributed by atoms with Crippen LogP contribution in [-0.4, -0.2) is 18.9 Å². The van der Waals surface area contributed by atoms with Gasteiger partial charge < -0.3 is 10.1 Å². The molecular weight excluding hydrogens is 341 g/mol. The molecule has 0 saturated heterocycles. The van der Waals surface area contributed by atoms with Crippen molar-refractivity contribution in [2.75, 3.05) is 7.05 Å². The first-order valence-corrected chi connectivity index (χ1v) is 8.98. The second kappa shape index (κ2) is 7.33. The molecule has 0 bridgehead atoms. The average molecular weight is 361 g/mol. The minimum atomic E-state index is -0.355. The highest BCUT2D eigenvalue weighted by molar-refractivity contribution is 6.08. The number of benzene rings is 3. The van der Waals surface area contributed by atoms with Crippen molar-refractivity contribution in [1.29, 1.82) is 0 Å². The molecule has 0 saturated carbocycles. The molecule has 0 spiro atoms. The topological polar surface area (TPSA) is 38.3 Å². The van der Waals surface area contributed by atoms with E-state index in [9.17, 15) is 9.18 Å². The third-order valence-corrected chi connectivity index (χ3v) is 5.02. The highest BCUT2D eigenvalue weighted by Gasteiger charge is 2.32. The van der Waals surface area contributed by atoms with E-state index >= 15 is 0 Å². The Morgan fingerprint density at radius 3 is 2.26 bits per heavy atom. The summed E-state index contributed by atoms with van der Waals surface area (Å²) in [6.07, 6.45) is 0.864. The van der Waals surface area contributed by atoms with Crippen LogP contribution < -0.4 is 10.1 Å². The summed E-state index contributed by atoms with van der Waals surface area (Å²) in [5.41, 5.74) is 3.50. The summed E-state index contributed by atoms with van der Waals surface area (Å²) in [7, 11) is 1.94. The number of likely N-dealkylation sites (N-methyl/N-ethyl adjacent to an activating group) is 1. The Balaban J connectivity index is 1.52. The smallest absolute Gasteiger partial charge is 0.193 e. The van der Waals surface area contributed by atoms with E-state index in [0.717, 1.165) is 6.42 Å². The lowest BCUT2D eigenvalue weighted by atomic mass is 10.0. The molecule has 4 heteroatoms. The number of halogens is 1. The maximum atomic E-state index is 13.0. The summed E-state index contributed by atoms with van der Waals surface area (Å²) < 4.78 is 19.3. The summed E-state index contributed by atoms with van der Waals surface area (Å²) in [5.74, 6) is 0.222. The minimum absolute atomic E-state index is 0.0650. The zero-order valence-corrected chi connectivity index (χ0v) is 15.0. The number of carbonyl (C=O) groups excluding carboxylic acids is 1. The van der Waals surface area contributed by atoms with Gasteiger partial charge in [-0.2, -0.15) is 0 Å². The van der Waals surface area contributed by atoms with Gasteiger partial charge >= 0.3 is 0 Å². The van der Waals surface area contributed by atoms with Crippen LogP contribution >= 0.6 is 0 Å². The van der Waals surface area contributed by atoms with Crippen LogP contribution in [0.3, 0.4) is 0 Å². The first-order valence-electron chi connectivity index (χ1n) is 8.98. The summed E-state index contributed by atoms with van der Waals surface area (Å²) in [6, 6.07) is 21.2. The van der Waals surface area contributed by atoms with Gasteiger partial charge in [-0.25, -0.2) is 4.39 Å².